The Morgan fingerprint density at radius 1 is 1.12 bits per heavy atom. The molecule has 0 saturated heterocycles. The third-order valence-corrected chi connectivity index (χ3v) is 4.01. The van der Waals surface area contributed by atoms with Gasteiger partial charge < -0.3 is 4.42 Å². The van der Waals surface area contributed by atoms with Crippen LogP contribution in [0.3, 0.4) is 0 Å². The molecule has 25 heavy (non-hydrogen) atoms. The zero-order valence-corrected chi connectivity index (χ0v) is 13.6. The maximum Gasteiger partial charge on any atom is 0.261 e. The van der Waals surface area contributed by atoms with Crippen molar-refractivity contribution in [2.24, 2.45) is 0 Å². The van der Waals surface area contributed by atoms with Crippen molar-refractivity contribution < 1.29 is 8.81 Å². The van der Waals surface area contributed by atoms with Gasteiger partial charge in [-0.3, -0.25) is 9.36 Å². The Balaban J connectivity index is 1.67. The van der Waals surface area contributed by atoms with E-state index in [2.05, 4.69) is 9.97 Å². The van der Waals surface area contributed by atoms with Gasteiger partial charge in [0.1, 0.15) is 12.4 Å². The summed E-state index contributed by atoms with van der Waals surface area (Å²) in [7, 11) is 0. The van der Waals surface area contributed by atoms with E-state index in [0.29, 0.717) is 33.1 Å². The molecule has 0 saturated carbocycles. The molecule has 2 heterocycles. The van der Waals surface area contributed by atoms with Crippen molar-refractivity contribution in [2.45, 2.75) is 6.54 Å². The number of rotatable bonds is 3. The fourth-order valence-electron chi connectivity index (χ4n) is 2.52. The predicted octanol–water partition coefficient (Wildman–Crippen LogP) is 3.89. The molecule has 0 unspecified atom stereocenters. The minimum absolute atomic E-state index is 0.134. The summed E-state index contributed by atoms with van der Waals surface area (Å²) in [6.45, 7) is 0.134. The van der Waals surface area contributed by atoms with Crippen LogP contribution in [0.1, 0.15) is 5.89 Å². The molecular formula is C18H11ClFN3O2. The van der Waals surface area contributed by atoms with Crippen LogP contribution in [-0.4, -0.2) is 14.5 Å². The second kappa shape index (κ2) is 6.14. The molecule has 0 atom stereocenters. The fraction of sp³-hybridized carbons (Fsp3) is 0.0556. The average Bonchev–Trinajstić information content (AvgIpc) is 3.07. The molecule has 0 amide bonds. The van der Waals surface area contributed by atoms with Crippen LogP contribution in [0.15, 0.2) is 64.2 Å². The van der Waals surface area contributed by atoms with Crippen molar-refractivity contribution in [1.29, 1.82) is 0 Å². The standard InChI is InChI=1S/C18H11ClFN3O2/c19-12-3-6-15-14(7-12)18(24)23(10-22-15)9-17-21-8-16(25-17)11-1-4-13(20)5-2-11/h1-8,10H,9H2. The van der Waals surface area contributed by atoms with E-state index in [1.54, 1.807) is 36.5 Å². The monoisotopic (exact) mass is 355 g/mol. The summed E-state index contributed by atoms with van der Waals surface area (Å²) in [5.74, 6) is 0.528. The van der Waals surface area contributed by atoms with Crippen LogP contribution in [-0.2, 0) is 6.54 Å². The lowest BCUT2D eigenvalue weighted by atomic mass is 10.2. The fourth-order valence-corrected chi connectivity index (χ4v) is 2.69. The van der Waals surface area contributed by atoms with Gasteiger partial charge in [0, 0.05) is 10.6 Å². The van der Waals surface area contributed by atoms with Crippen molar-refractivity contribution >= 4 is 22.5 Å². The normalized spacial score (nSPS) is 11.1. The van der Waals surface area contributed by atoms with E-state index in [1.807, 2.05) is 0 Å². The highest BCUT2D eigenvalue weighted by molar-refractivity contribution is 6.31. The summed E-state index contributed by atoms with van der Waals surface area (Å²) < 4.78 is 20.1. The van der Waals surface area contributed by atoms with E-state index in [0.717, 1.165) is 0 Å². The molecule has 2 aromatic carbocycles. The molecule has 0 N–H and O–H groups in total. The van der Waals surface area contributed by atoms with Gasteiger partial charge >= 0.3 is 0 Å². The molecule has 0 aliphatic carbocycles. The van der Waals surface area contributed by atoms with E-state index in [4.69, 9.17) is 16.0 Å². The summed E-state index contributed by atoms with van der Waals surface area (Å²) in [4.78, 5) is 21.0. The Labute approximate surface area is 146 Å². The van der Waals surface area contributed by atoms with Gasteiger partial charge in [-0.15, -0.1) is 0 Å². The number of benzene rings is 2. The molecule has 7 heteroatoms. The summed E-state index contributed by atoms with van der Waals surface area (Å²) >= 11 is 5.95. The quantitative estimate of drug-likeness (QED) is 0.559. The Morgan fingerprint density at radius 2 is 1.92 bits per heavy atom. The van der Waals surface area contributed by atoms with Crippen molar-refractivity contribution in [3.63, 3.8) is 0 Å². The SMILES string of the molecule is O=c1c2cc(Cl)ccc2ncn1Cc1ncc(-c2ccc(F)cc2)o1. The third kappa shape index (κ3) is 3.04. The van der Waals surface area contributed by atoms with Gasteiger partial charge in [-0.2, -0.15) is 0 Å². The lowest BCUT2D eigenvalue weighted by Gasteiger charge is -2.04. The van der Waals surface area contributed by atoms with Gasteiger partial charge in [0.2, 0.25) is 5.89 Å². The highest BCUT2D eigenvalue weighted by Gasteiger charge is 2.10. The van der Waals surface area contributed by atoms with E-state index >= 15 is 0 Å². The molecule has 0 aliphatic heterocycles. The number of oxazole rings is 1. The van der Waals surface area contributed by atoms with Crippen molar-refractivity contribution in [1.82, 2.24) is 14.5 Å². The van der Waals surface area contributed by atoms with Gasteiger partial charge in [0.25, 0.3) is 5.56 Å². The summed E-state index contributed by atoms with van der Waals surface area (Å²) in [5.41, 5.74) is 1.05. The van der Waals surface area contributed by atoms with Crippen molar-refractivity contribution in [3.05, 3.63) is 82.1 Å². The van der Waals surface area contributed by atoms with Crippen molar-refractivity contribution in [3.8, 4) is 11.3 Å². The van der Waals surface area contributed by atoms with Gasteiger partial charge in [0.15, 0.2) is 5.76 Å². The molecule has 0 aliphatic rings. The minimum atomic E-state index is -0.323. The molecule has 4 rings (SSSR count). The topological polar surface area (TPSA) is 60.9 Å². The molecule has 0 radical (unpaired) electrons. The summed E-state index contributed by atoms with van der Waals surface area (Å²) in [5, 5.41) is 0.902. The highest BCUT2D eigenvalue weighted by atomic mass is 35.5. The molecule has 5 nitrogen and oxygen atoms in total. The van der Waals surface area contributed by atoms with Gasteiger partial charge in [-0.1, -0.05) is 11.6 Å². The number of aromatic nitrogens is 3. The first kappa shape index (κ1) is 15.5. The second-order valence-electron chi connectivity index (χ2n) is 5.46. The van der Waals surface area contributed by atoms with Crippen LogP contribution in [0, 0.1) is 5.82 Å². The van der Waals surface area contributed by atoms with Crippen LogP contribution in [0.4, 0.5) is 4.39 Å². The van der Waals surface area contributed by atoms with Gasteiger partial charge in [0.05, 0.1) is 23.4 Å². The maximum absolute atomic E-state index is 13.0. The second-order valence-corrected chi connectivity index (χ2v) is 5.90. The average molecular weight is 356 g/mol. The summed E-state index contributed by atoms with van der Waals surface area (Å²) in [6, 6.07) is 10.9. The van der Waals surface area contributed by atoms with E-state index in [-0.39, 0.29) is 17.9 Å². The Hall–Kier alpha value is -2.99. The van der Waals surface area contributed by atoms with Crippen molar-refractivity contribution in [2.75, 3.05) is 0 Å². The zero-order valence-electron chi connectivity index (χ0n) is 12.8. The molecule has 4 aromatic rings. The van der Waals surface area contributed by atoms with Crippen LogP contribution >= 0.6 is 11.6 Å². The number of hydrogen-bond donors (Lipinski definition) is 0. The maximum atomic E-state index is 13.0. The zero-order chi connectivity index (χ0) is 17.4. The largest absolute Gasteiger partial charge is 0.439 e. The molecule has 2 aromatic heterocycles. The number of halogens is 2. The number of hydrogen-bond acceptors (Lipinski definition) is 4. The van der Waals surface area contributed by atoms with Crippen LogP contribution in [0.5, 0.6) is 0 Å². The Kier molecular flexibility index (Phi) is 3.82. The molecular weight excluding hydrogens is 345 g/mol. The molecule has 124 valence electrons. The van der Waals surface area contributed by atoms with Crippen LogP contribution in [0.25, 0.3) is 22.2 Å². The lowest BCUT2D eigenvalue weighted by Crippen LogP contribution is -2.21. The van der Waals surface area contributed by atoms with Crippen LogP contribution in [0.2, 0.25) is 5.02 Å². The summed E-state index contributed by atoms with van der Waals surface area (Å²) in [6.07, 6.45) is 2.99. The highest BCUT2D eigenvalue weighted by Crippen LogP contribution is 2.21. The number of nitrogens with zero attached hydrogens (tertiary/aromatic N) is 3. The minimum Gasteiger partial charge on any atom is -0.439 e. The molecule has 0 spiro atoms. The Morgan fingerprint density at radius 3 is 2.72 bits per heavy atom. The lowest BCUT2D eigenvalue weighted by molar-refractivity contribution is 0.484. The van der Waals surface area contributed by atoms with E-state index < -0.39 is 0 Å². The predicted molar refractivity (Wildman–Crippen MR) is 92.0 cm³/mol. The van der Waals surface area contributed by atoms with E-state index in [1.165, 1.54) is 23.0 Å². The first-order valence-corrected chi connectivity index (χ1v) is 7.83. The molecule has 0 fully saturated rings. The smallest absolute Gasteiger partial charge is 0.261 e. The van der Waals surface area contributed by atoms with E-state index in [9.17, 15) is 9.18 Å². The third-order valence-electron chi connectivity index (χ3n) is 3.77. The Bertz CT molecular complexity index is 1120. The number of fused-ring (bicyclic) bond motifs is 1. The first-order chi connectivity index (χ1) is 12.1. The van der Waals surface area contributed by atoms with Crippen LogP contribution < -0.4 is 5.56 Å². The first-order valence-electron chi connectivity index (χ1n) is 7.45. The van der Waals surface area contributed by atoms with Gasteiger partial charge in [-0.25, -0.2) is 14.4 Å². The molecule has 0 bridgehead atoms. The van der Waals surface area contributed by atoms with Gasteiger partial charge in [-0.05, 0) is 42.5 Å².